The predicted octanol–water partition coefficient (Wildman–Crippen LogP) is -0.536. The first-order valence-electron chi connectivity index (χ1n) is 3.96. The summed E-state index contributed by atoms with van der Waals surface area (Å²) in [5.41, 5.74) is 1.06. The molecule has 1 aromatic carbocycles. The van der Waals surface area contributed by atoms with Crippen molar-refractivity contribution in [3.8, 4) is 0 Å². The minimum absolute atomic E-state index is 0.373. The number of hydrogen-bond donors (Lipinski definition) is 3. The molecule has 0 aliphatic heterocycles. The van der Waals surface area contributed by atoms with Crippen molar-refractivity contribution in [3.05, 3.63) is 35.9 Å². The quantitative estimate of drug-likeness (QED) is 0.444. The van der Waals surface area contributed by atoms with Crippen LogP contribution in [0.4, 0.5) is 0 Å². The Morgan fingerprint density at radius 3 is 2.21 bits per heavy atom. The van der Waals surface area contributed by atoms with E-state index in [4.69, 9.17) is 15.2 Å². The van der Waals surface area contributed by atoms with E-state index in [-0.39, 0.29) is 0 Å². The van der Waals surface area contributed by atoms with Gasteiger partial charge in [-0.1, -0.05) is 24.3 Å². The molecule has 4 nitrogen and oxygen atoms in total. The molecule has 1 rings (SSSR count). The Balaban J connectivity index is 2.78. The van der Waals surface area contributed by atoms with Crippen molar-refractivity contribution < 1.29 is 19.9 Å². The number of rotatable bonds is 3. The van der Waals surface area contributed by atoms with Gasteiger partial charge >= 0.3 is 13.1 Å². The van der Waals surface area contributed by atoms with Crippen molar-refractivity contribution in [2.45, 2.75) is 0 Å². The molecule has 0 radical (unpaired) electrons. The van der Waals surface area contributed by atoms with Gasteiger partial charge < -0.3 is 15.2 Å². The average Bonchev–Trinajstić information content (AvgIpc) is 2.15. The lowest BCUT2D eigenvalue weighted by molar-refractivity contribution is -0.131. The molecule has 0 spiro atoms. The Labute approximate surface area is 81.3 Å². The third kappa shape index (κ3) is 3.04. The Bertz CT molecular complexity index is 342. The molecule has 0 bridgehead atoms. The van der Waals surface area contributed by atoms with Crippen LogP contribution in [0.15, 0.2) is 30.3 Å². The maximum absolute atomic E-state index is 10.2. The second kappa shape index (κ2) is 4.60. The number of carboxylic acid groups (broad SMARTS) is 1. The lowest BCUT2D eigenvalue weighted by Crippen LogP contribution is -2.29. The molecule has 0 heterocycles. The number of aliphatic carboxylic acids is 1. The molecule has 1 aromatic rings. The topological polar surface area (TPSA) is 77.8 Å². The van der Waals surface area contributed by atoms with Gasteiger partial charge in [0, 0.05) is 6.08 Å². The van der Waals surface area contributed by atoms with Crippen molar-refractivity contribution >= 4 is 24.6 Å². The first-order valence-corrected chi connectivity index (χ1v) is 3.96. The van der Waals surface area contributed by atoms with Crippen LogP contribution in [0.2, 0.25) is 0 Å². The molecule has 0 saturated carbocycles. The van der Waals surface area contributed by atoms with Gasteiger partial charge in [0.1, 0.15) is 0 Å². The summed E-state index contributed by atoms with van der Waals surface area (Å²) in [7, 11) is -1.49. The molecule has 14 heavy (non-hydrogen) atoms. The smallest absolute Gasteiger partial charge is 0.478 e. The van der Waals surface area contributed by atoms with Crippen molar-refractivity contribution in [1.82, 2.24) is 0 Å². The minimum Gasteiger partial charge on any atom is -0.478 e. The summed E-state index contributed by atoms with van der Waals surface area (Å²) in [6.45, 7) is 0. The Kier molecular flexibility index (Phi) is 3.44. The van der Waals surface area contributed by atoms with E-state index in [0.29, 0.717) is 11.0 Å². The second-order valence-electron chi connectivity index (χ2n) is 2.71. The molecule has 0 aliphatic rings. The predicted molar refractivity (Wildman–Crippen MR) is 52.9 cm³/mol. The molecule has 0 aliphatic carbocycles. The molecular weight excluding hydrogens is 183 g/mol. The zero-order valence-corrected chi connectivity index (χ0v) is 7.29. The molecule has 0 unspecified atom stereocenters. The summed E-state index contributed by atoms with van der Waals surface area (Å²) in [6, 6.07) is 6.25. The van der Waals surface area contributed by atoms with Crippen LogP contribution < -0.4 is 5.46 Å². The fourth-order valence-corrected chi connectivity index (χ4v) is 0.947. The highest BCUT2D eigenvalue weighted by atomic mass is 16.4. The van der Waals surface area contributed by atoms with Crippen molar-refractivity contribution in [2.24, 2.45) is 0 Å². The van der Waals surface area contributed by atoms with Crippen LogP contribution in [0.1, 0.15) is 5.56 Å². The third-order valence-corrected chi connectivity index (χ3v) is 1.65. The Hall–Kier alpha value is -1.59. The first kappa shape index (κ1) is 10.5. The Morgan fingerprint density at radius 2 is 1.79 bits per heavy atom. The lowest BCUT2D eigenvalue weighted by Gasteiger charge is -1.98. The van der Waals surface area contributed by atoms with Gasteiger partial charge in [-0.2, -0.15) is 0 Å². The molecule has 0 amide bonds. The normalized spacial score (nSPS) is 10.4. The van der Waals surface area contributed by atoms with E-state index in [1.54, 1.807) is 12.1 Å². The highest BCUT2D eigenvalue weighted by molar-refractivity contribution is 6.58. The summed E-state index contributed by atoms with van der Waals surface area (Å²) < 4.78 is 0. The molecule has 5 heteroatoms. The SMILES string of the molecule is O=C(O)/C=C/c1ccc(B(O)O)cc1. The van der Waals surface area contributed by atoms with Crippen LogP contribution in [0.25, 0.3) is 6.08 Å². The van der Waals surface area contributed by atoms with Crippen molar-refractivity contribution in [3.63, 3.8) is 0 Å². The number of hydrogen-bond acceptors (Lipinski definition) is 3. The van der Waals surface area contributed by atoms with Crippen LogP contribution in [-0.4, -0.2) is 28.2 Å². The zero-order chi connectivity index (χ0) is 10.6. The highest BCUT2D eigenvalue weighted by Crippen LogP contribution is 1.99. The molecule has 0 fully saturated rings. The van der Waals surface area contributed by atoms with Gasteiger partial charge in [-0.15, -0.1) is 0 Å². The molecule has 3 N–H and O–H groups in total. The summed E-state index contributed by atoms with van der Waals surface area (Å²) in [4.78, 5) is 10.2. The van der Waals surface area contributed by atoms with E-state index in [0.717, 1.165) is 6.08 Å². The van der Waals surface area contributed by atoms with Gasteiger partial charge in [-0.05, 0) is 17.1 Å². The van der Waals surface area contributed by atoms with E-state index in [1.807, 2.05) is 0 Å². The summed E-state index contributed by atoms with van der Waals surface area (Å²) in [6.07, 6.45) is 2.44. The number of carboxylic acids is 1. The fraction of sp³-hybridized carbons (Fsp3) is 0. The van der Waals surface area contributed by atoms with Crippen molar-refractivity contribution in [1.29, 1.82) is 0 Å². The monoisotopic (exact) mass is 192 g/mol. The van der Waals surface area contributed by atoms with Crippen LogP contribution in [0, 0.1) is 0 Å². The molecule has 0 saturated heterocycles. The van der Waals surface area contributed by atoms with E-state index in [2.05, 4.69) is 0 Å². The fourth-order valence-electron chi connectivity index (χ4n) is 0.947. The highest BCUT2D eigenvalue weighted by Gasteiger charge is 2.08. The number of benzene rings is 1. The van der Waals surface area contributed by atoms with E-state index in [9.17, 15) is 4.79 Å². The van der Waals surface area contributed by atoms with Crippen LogP contribution in [0.3, 0.4) is 0 Å². The minimum atomic E-state index is -1.49. The molecule has 0 aromatic heterocycles. The largest absolute Gasteiger partial charge is 0.488 e. The van der Waals surface area contributed by atoms with Gasteiger partial charge in [-0.3, -0.25) is 0 Å². The van der Waals surface area contributed by atoms with Crippen LogP contribution >= 0.6 is 0 Å². The van der Waals surface area contributed by atoms with E-state index in [1.165, 1.54) is 18.2 Å². The van der Waals surface area contributed by atoms with E-state index >= 15 is 0 Å². The third-order valence-electron chi connectivity index (χ3n) is 1.65. The standard InChI is InChI=1S/C9H9BO4/c11-9(12)6-3-7-1-4-8(5-2-7)10(13)14/h1-6,13-14H,(H,11,12)/b6-3+. The average molecular weight is 192 g/mol. The number of carbonyl (C=O) groups is 1. The maximum atomic E-state index is 10.2. The lowest BCUT2D eigenvalue weighted by atomic mass is 9.80. The van der Waals surface area contributed by atoms with Crippen LogP contribution in [-0.2, 0) is 4.79 Å². The molecule has 0 atom stereocenters. The van der Waals surface area contributed by atoms with Gasteiger partial charge in [0.25, 0.3) is 0 Å². The van der Waals surface area contributed by atoms with Gasteiger partial charge in [0.2, 0.25) is 0 Å². The van der Waals surface area contributed by atoms with Gasteiger partial charge in [-0.25, -0.2) is 4.79 Å². The van der Waals surface area contributed by atoms with Crippen LogP contribution in [0.5, 0.6) is 0 Å². The summed E-state index contributed by atoms with van der Waals surface area (Å²) in [5.74, 6) is -1.02. The summed E-state index contributed by atoms with van der Waals surface area (Å²) >= 11 is 0. The maximum Gasteiger partial charge on any atom is 0.488 e. The Morgan fingerprint density at radius 1 is 1.21 bits per heavy atom. The molecular formula is C9H9BO4. The van der Waals surface area contributed by atoms with Crippen molar-refractivity contribution in [2.75, 3.05) is 0 Å². The summed E-state index contributed by atoms with van der Waals surface area (Å²) in [5, 5.41) is 25.9. The van der Waals surface area contributed by atoms with Gasteiger partial charge in [0.15, 0.2) is 0 Å². The first-order chi connectivity index (χ1) is 6.59. The second-order valence-corrected chi connectivity index (χ2v) is 2.71. The van der Waals surface area contributed by atoms with Gasteiger partial charge in [0.05, 0.1) is 0 Å². The zero-order valence-electron chi connectivity index (χ0n) is 7.29. The molecule has 72 valence electrons. The van der Waals surface area contributed by atoms with E-state index < -0.39 is 13.1 Å².